The molecule has 1 amide bonds. The van der Waals surface area contributed by atoms with E-state index in [1.807, 2.05) is 35.2 Å². The van der Waals surface area contributed by atoms with E-state index in [9.17, 15) is 4.79 Å². The summed E-state index contributed by atoms with van der Waals surface area (Å²) in [6.07, 6.45) is 1.14. The third-order valence-electron chi connectivity index (χ3n) is 7.21. The predicted molar refractivity (Wildman–Crippen MR) is 119 cm³/mol. The summed E-state index contributed by atoms with van der Waals surface area (Å²) in [7, 11) is 0. The van der Waals surface area contributed by atoms with Crippen LogP contribution in [0, 0.1) is 5.92 Å². The first kappa shape index (κ1) is 19.4. The van der Waals surface area contributed by atoms with Crippen molar-refractivity contribution in [3.63, 3.8) is 0 Å². The molecule has 0 spiro atoms. The minimum atomic E-state index is -0.213. The summed E-state index contributed by atoms with van der Waals surface area (Å²) < 4.78 is 5.48. The third kappa shape index (κ3) is 3.67. The van der Waals surface area contributed by atoms with Crippen LogP contribution in [0.5, 0.6) is 0 Å². The van der Waals surface area contributed by atoms with E-state index in [0.717, 1.165) is 31.1 Å². The number of anilines is 1. The Bertz CT molecular complexity index is 877. The number of ether oxygens (including phenoxy) is 1. The molecule has 0 aromatic heterocycles. The fourth-order valence-corrected chi connectivity index (χ4v) is 5.24. The van der Waals surface area contributed by atoms with Crippen LogP contribution in [-0.4, -0.2) is 61.7 Å². The van der Waals surface area contributed by atoms with Crippen LogP contribution in [0.15, 0.2) is 54.6 Å². The second-order valence-corrected chi connectivity index (χ2v) is 8.95. The van der Waals surface area contributed by atoms with E-state index in [-0.39, 0.29) is 6.09 Å². The van der Waals surface area contributed by atoms with E-state index in [4.69, 9.17) is 4.74 Å². The molecule has 0 N–H and O–H groups in total. The molecule has 2 atom stereocenters. The average molecular weight is 406 g/mol. The Morgan fingerprint density at radius 1 is 1.03 bits per heavy atom. The van der Waals surface area contributed by atoms with Crippen molar-refractivity contribution in [3.05, 3.63) is 65.7 Å². The second kappa shape index (κ2) is 7.95. The highest BCUT2D eigenvalue weighted by Gasteiger charge is 2.60. The first-order valence-corrected chi connectivity index (χ1v) is 11.2. The van der Waals surface area contributed by atoms with Crippen molar-refractivity contribution in [1.29, 1.82) is 0 Å². The predicted octanol–water partition coefficient (Wildman–Crippen LogP) is 3.74. The van der Waals surface area contributed by atoms with Crippen molar-refractivity contribution >= 4 is 11.8 Å². The molecule has 5 nitrogen and oxygen atoms in total. The lowest BCUT2D eigenvalue weighted by Gasteiger charge is -2.35. The largest absolute Gasteiger partial charge is 0.445 e. The van der Waals surface area contributed by atoms with E-state index >= 15 is 0 Å². The Balaban J connectivity index is 1.13. The zero-order valence-electron chi connectivity index (χ0n) is 17.8. The molecule has 3 aliphatic rings. The van der Waals surface area contributed by atoms with Gasteiger partial charge >= 0.3 is 6.09 Å². The Hall–Kier alpha value is -2.53. The number of benzene rings is 2. The molecule has 1 saturated carbocycles. The number of nitrogens with zero attached hydrogens (tertiary/aromatic N) is 3. The number of likely N-dealkylation sites (N-methyl/N-ethyl adjacent to an activating group) is 1. The minimum absolute atomic E-state index is 0.213. The van der Waals surface area contributed by atoms with Crippen molar-refractivity contribution < 1.29 is 9.53 Å². The van der Waals surface area contributed by atoms with Crippen molar-refractivity contribution in [1.82, 2.24) is 9.80 Å². The second-order valence-electron chi connectivity index (χ2n) is 8.95. The van der Waals surface area contributed by atoms with Crippen molar-refractivity contribution in [2.24, 2.45) is 5.92 Å². The van der Waals surface area contributed by atoms with Gasteiger partial charge in [0.05, 0.1) is 0 Å². The molecule has 0 radical (unpaired) electrons. The number of rotatable bonds is 5. The summed E-state index contributed by atoms with van der Waals surface area (Å²) in [5, 5.41) is 0. The molecule has 2 aromatic carbocycles. The number of likely N-dealkylation sites (tertiary alicyclic amines) is 1. The van der Waals surface area contributed by atoms with Gasteiger partial charge in [-0.3, -0.25) is 0 Å². The first-order chi connectivity index (χ1) is 14.7. The highest BCUT2D eigenvalue weighted by Crippen LogP contribution is 2.59. The Labute approximate surface area is 179 Å². The summed E-state index contributed by atoms with van der Waals surface area (Å²) in [5.74, 6) is 0.855. The Morgan fingerprint density at radius 2 is 1.77 bits per heavy atom. The molecular formula is C25H31N3O2. The van der Waals surface area contributed by atoms with Crippen molar-refractivity contribution in [2.75, 3.05) is 50.7 Å². The van der Waals surface area contributed by atoms with Crippen LogP contribution in [-0.2, 0) is 16.8 Å². The molecule has 2 aliphatic heterocycles. The lowest BCUT2D eigenvalue weighted by molar-refractivity contribution is 0.0942. The number of hydrogen-bond acceptors (Lipinski definition) is 4. The minimum Gasteiger partial charge on any atom is -0.445 e. The summed E-state index contributed by atoms with van der Waals surface area (Å²) >= 11 is 0. The van der Waals surface area contributed by atoms with Gasteiger partial charge in [0.1, 0.15) is 6.61 Å². The number of hydrogen-bond donors (Lipinski definition) is 0. The molecule has 2 heterocycles. The summed E-state index contributed by atoms with van der Waals surface area (Å²) in [5.41, 5.74) is 4.21. The third-order valence-corrected chi connectivity index (χ3v) is 7.21. The molecular weight excluding hydrogens is 374 g/mol. The van der Waals surface area contributed by atoms with Crippen LogP contribution in [0.1, 0.15) is 24.5 Å². The molecule has 2 aromatic rings. The highest BCUT2D eigenvalue weighted by molar-refractivity contribution is 5.68. The van der Waals surface area contributed by atoms with Crippen molar-refractivity contribution in [2.45, 2.75) is 25.4 Å². The van der Waals surface area contributed by atoms with E-state index in [1.165, 1.54) is 30.8 Å². The normalized spacial score (nSPS) is 25.8. The molecule has 5 rings (SSSR count). The number of piperidine rings is 1. The highest BCUT2D eigenvalue weighted by atomic mass is 16.6. The maximum atomic E-state index is 12.4. The van der Waals surface area contributed by atoms with E-state index < -0.39 is 0 Å². The number of piperazine rings is 1. The fraction of sp³-hybridized carbons (Fsp3) is 0.480. The Kier molecular flexibility index (Phi) is 5.15. The van der Waals surface area contributed by atoms with Gasteiger partial charge in [0.15, 0.2) is 0 Å². The van der Waals surface area contributed by atoms with Gasteiger partial charge in [0, 0.05) is 50.4 Å². The zero-order chi connectivity index (χ0) is 20.6. The number of amides is 1. The summed E-state index contributed by atoms with van der Waals surface area (Å²) in [4.78, 5) is 19.2. The van der Waals surface area contributed by atoms with Gasteiger partial charge in [0.2, 0.25) is 0 Å². The van der Waals surface area contributed by atoms with Gasteiger partial charge in [-0.1, -0.05) is 49.4 Å². The molecule has 5 heteroatoms. The monoisotopic (exact) mass is 405 g/mol. The van der Waals surface area contributed by atoms with Crippen LogP contribution in [0.2, 0.25) is 0 Å². The molecule has 1 aliphatic carbocycles. The van der Waals surface area contributed by atoms with E-state index in [0.29, 0.717) is 25.1 Å². The number of fused-ring (bicyclic) bond motifs is 1. The molecule has 2 unspecified atom stereocenters. The fourth-order valence-electron chi connectivity index (χ4n) is 5.24. The average Bonchev–Trinajstić information content (AvgIpc) is 3.39. The summed E-state index contributed by atoms with van der Waals surface area (Å²) in [6, 6.07) is 19.1. The maximum absolute atomic E-state index is 12.4. The van der Waals surface area contributed by atoms with Gasteiger partial charge in [-0.15, -0.1) is 0 Å². The molecule has 30 heavy (non-hydrogen) atoms. The standard InChI is InChI=1S/C25H31N3O2/c1-2-26-17-22-16-25(22,19-26)21-8-10-23(11-9-21)27-12-14-28(15-13-27)24(29)30-18-20-6-4-3-5-7-20/h3-11,22H,2,12-19H2,1H3. The van der Waals surface area contributed by atoms with Gasteiger partial charge in [-0.05, 0) is 42.1 Å². The van der Waals surface area contributed by atoms with Crippen LogP contribution < -0.4 is 4.90 Å². The van der Waals surface area contributed by atoms with Gasteiger partial charge in [-0.2, -0.15) is 0 Å². The van der Waals surface area contributed by atoms with Gasteiger partial charge < -0.3 is 19.4 Å². The number of carbonyl (C=O) groups excluding carboxylic acids is 1. The smallest absolute Gasteiger partial charge is 0.410 e. The first-order valence-electron chi connectivity index (χ1n) is 11.2. The molecule has 158 valence electrons. The summed E-state index contributed by atoms with van der Waals surface area (Å²) in [6.45, 7) is 9.33. The molecule has 0 bridgehead atoms. The topological polar surface area (TPSA) is 36.0 Å². The molecule has 2 saturated heterocycles. The zero-order valence-corrected chi connectivity index (χ0v) is 17.8. The van der Waals surface area contributed by atoms with E-state index in [1.54, 1.807) is 0 Å². The van der Waals surface area contributed by atoms with Gasteiger partial charge in [0.25, 0.3) is 0 Å². The van der Waals surface area contributed by atoms with Crippen LogP contribution in [0.25, 0.3) is 0 Å². The van der Waals surface area contributed by atoms with Gasteiger partial charge in [-0.25, -0.2) is 4.79 Å². The lowest BCUT2D eigenvalue weighted by atomic mass is 9.94. The molecule has 3 fully saturated rings. The van der Waals surface area contributed by atoms with Crippen LogP contribution >= 0.6 is 0 Å². The van der Waals surface area contributed by atoms with Crippen LogP contribution in [0.4, 0.5) is 10.5 Å². The van der Waals surface area contributed by atoms with Crippen molar-refractivity contribution in [3.8, 4) is 0 Å². The lowest BCUT2D eigenvalue weighted by Crippen LogP contribution is -2.48. The SMILES string of the molecule is CCN1CC2CC2(c2ccc(N3CCN(C(=O)OCc4ccccc4)CC3)cc2)C1. The quantitative estimate of drug-likeness (QED) is 0.759. The maximum Gasteiger partial charge on any atom is 0.410 e. The van der Waals surface area contributed by atoms with E-state index in [2.05, 4.69) is 41.0 Å². The number of carbonyl (C=O) groups is 1. The Morgan fingerprint density at radius 3 is 2.43 bits per heavy atom. The van der Waals surface area contributed by atoms with Crippen LogP contribution in [0.3, 0.4) is 0 Å².